The Balaban J connectivity index is 3.37. The maximum Gasteiger partial charge on any atom is 0.181 e. The zero-order chi connectivity index (χ0) is 10.7. The Hall–Kier alpha value is -1.06. The molecule has 0 bridgehead atoms. The molecule has 14 heavy (non-hydrogen) atoms. The molecule has 2 N–H and O–H groups in total. The fraction of sp³-hybridized carbons (Fsp3) is 0.300. The monoisotopic (exact) mass is 213 g/mol. The lowest BCUT2D eigenvalue weighted by Gasteiger charge is -2.11. The first kappa shape index (κ1) is 11.0. The topological polar surface area (TPSA) is 52.3 Å². The summed E-state index contributed by atoms with van der Waals surface area (Å²) in [5.74, 6) is 0.295. The Kier molecular flexibility index (Phi) is 3.49. The number of benzene rings is 1. The van der Waals surface area contributed by atoms with Gasteiger partial charge in [-0.1, -0.05) is 17.7 Å². The number of hydrogen-bond acceptors (Lipinski definition) is 3. The highest BCUT2D eigenvalue weighted by molar-refractivity contribution is 6.34. The van der Waals surface area contributed by atoms with Crippen LogP contribution in [0, 0.1) is 6.92 Å². The van der Waals surface area contributed by atoms with E-state index >= 15 is 0 Å². The van der Waals surface area contributed by atoms with Crippen LogP contribution >= 0.6 is 11.6 Å². The van der Waals surface area contributed by atoms with Crippen molar-refractivity contribution in [1.29, 1.82) is 0 Å². The molecule has 0 saturated heterocycles. The molecule has 0 aromatic heterocycles. The quantitative estimate of drug-likeness (QED) is 0.779. The highest BCUT2D eigenvalue weighted by atomic mass is 35.5. The number of rotatable bonds is 3. The van der Waals surface area contributed by atoms with Crippen molar-refractivity contribution in [3.05, 3.63) is 28.3 Å². The number of halogens is 1. The van der Waals surface area contributed by atoms with Crippen molar-refractivity contribution in [2.24, 2.45) is 5.73 Å². The van der Waals surface area contributed by atoms with Crippen molar-refractivity contribution in [2.45, 2.75) is 6.92 Å². The molecule has 0 fully saturated rings. The normalized spacial score (nSPS) is 10.0. The summed E-state index contributed by atoms with van der Waals surface area (Å²) in [7, 11) is 1.51. The van der Waals surface area contributed by atoms with E-state index in [-0.39, 0.29) is 12.3 Å². The first-order chi connectivity index (χ1) is 6.61. The van der Waals surface area contributed by atoms with E-state index in [1.807, 2.05) is 6.92 Å². The fourth-order valence-electron chi connectivity index (χ4n) is 1.29. The van der Waals surface area contributed by atoms with E-state index in [9.17, 15) is 4.79 Å². The Morgan fingerprint density at radius 2 is 2.21 bits per heavy atom. The van der Waals surface area contributed by atoms with Crippen molar-refractivity contribution in [3.8, 4) is 5.75 Å². The summed E-state index contributed by atoms with van der Waals surface area (Å²) >= 11 is 5.90. The van der Waals surface area contributed by atoms with Crippen LogP contribution in [0.25, 0.3) is 0 Å². The minimum Gasteiger partial charge on any atom is -0.496 e. The predicted octanol–water partition coefficient (Wildman–Crippen LogP) is 1.80. The third-order valence-corrected chi connectivity index (χ3v) is 2.29. The van der Waals surface area contributed by atoms with Gasteiger partial charge in [0.25, 0.3) is 0 Å². The van der Waals surface area contributed by atoms with Gasteiger partial charge in [-0.15, -0.1) is 0 Å². The van der Waals surface area contributed by atoms with Crippen molar-refractivity contribution in [2.75, 3.05) is 13.7 Å². The number of ketones is 1. The van der Waals surface area contributed by atoms with Crippen LogP contribution in [0.15, 0.2) is 12.1 Å². The summed E-state index contributed by atoms with van der Waals surface area (Å²) < 4.78 is 5.12. The lowest BCUT2D eigenvalue weighted by molar-refractivity contribution is 0.0998. The second kappa shape index (κ2) is 4.44. The number of carbonyl (C=O) groups is 1. The van der Waals surface area contributed by atoms with Gasteiger partial charge >= 0.3 is 0 Å². The van der Waals surface area contributed by atoms with Crippen LogP contribution in [0.1, 0.15) is 15.9 Å². The molecule has 0 radical (unpaired) electrons. The highest BCUT2D eigenvalue weighted by Gasteiger charge is 2.16. The smallest absolute Gasteiger partial charge is 0.181 e. The van der Waals surface area contributed by atoms with Gasteiger partial charge in [-0.3, -0.25) is 4.79 Å². The molecule has 1 aromatic rings. The number of methoxy groups -OCH3 is 1. The minimum absolute atomic E-state index is 0.0699. The number of nitrogens with two attached hydrogens (primary N) is 1. The van der Waals surface area contributed by atoms with E-state index in [1.165, 1.54) is 7.11 Å². The summed E-state index contributed by atoms with van der Waals surface area (Å²) in [5.41, 5.74) is 6.52. The number of aryl methyl sites for hydroxylation is 1. The summed E-state index contributed by atoms with van der Waals surface area (Å²) in [6.45, 7) is 1.78. The molecule has 0 atom stereocenters. The lowest BCUT2D eigenvalue weighted by Crippen LogP contribution is -2.15. The second-order valence-electron chi connectivity index (χ2n) is 2.90. The van der Waals surface area contributed by atoms with E-state index in [0.717, 1.165) is 5.56 Å². The van der Waals surface area contributed by atoms with Crippen LogP contribution in [0.2, 0.25) is 5.02 Å². The van der Waals surface area contributed by atoms with Crippen molar-refractivity contribution >= 4 is 17.4 Å². The Labute approximate surface area is 87.8 Å². The maximum atomic E-state index is 11.5. The summed E-state index contributed by atoms with van der Waals surface area (Å²) in [4.78, 5) is 11.5. The predicted molar refractivity (Wildman–Crippen MR) is 56.1 cm³/mol. The first-order valence-corrected chi connectivity index (χ1v) is 4.56. The SMILES string of the molecule is COc1c(C)ccc(Cl)c1C(=O)CN. The Morgan fingerprint density at radius 1 is 1.57 bits per heavy atom. The standard InChI is InChI=1S/C10H12ClNO2/c1-6-3-4-7(11)9(8(13)5-12)10(6)14-2/h3-4H,5,12H2,1-2H3. The number of Topliss-reactive ketones (excluding diaryl/α,β-unsaturated/α-hetero) is 1. The van der Waals surface area contributed by atoms with Gasteiger partial charge in [0.2, 0.25) is 0 Å². The van der Waals surface area contributed by atoms with E-state index in [4.69, 9.17) is 22.1 Å². The average molecular weight is 214 g/mol. The Morgan fingerprint density at radius 3 is 2.71 bits per heavy atom. The van der Waals surface area contributed by atoms with Crippen LogP contribution < -0.4 is 10.5 Å². The van der Waals surface area contributed by atoms with Gasteiger partial charge in [-0.2, -0.15) is 0 Å². The van der Waals surface area contributed by atoms with Gasteiger partial charge in [0, 0.05) is 0 Å². The molecular formula is C10H12ClNO2. The Bertz CT molecular complexity index is 363. The van der Waals surface area contributed by atoms with E-state index < -0.39 is 0 Å². The van der Waals surface area contributed by atoms with Gasteiger partial charge in [-0.05, 0) is 18.6 Å². The minimum atomic E-state index is -0.212. The number of hydrogen-bond donors (Lipinski definition) is 1. The summed E-state index contributed by atoms with van der Waals surface area (Å²) in [6.07, 6.45) is 0. The van der Waals surface area contributed by atoms with E-state index in [2.05, 4.69) is 0 Å². The number of carbonyl (C=O) groups excluding carboxylic acids is 1. The van der Waals surface area contributed by atoms with Crippen LogP contribution in [-0.2, 0) is 0 Å². The highest BCUT2D eigenvalue weighted by Crippen LogP contribution is 2.29. The molecule has 0 amide bonds. The van der Waals surface area contributed by atoms with Gasteiger partial charge < -0.3 is 10.5 Å². The van der Waals surface area contributed by atoms with Crippen LogP contribution in [-0.4, -0.2) is 19.4 Å². The van der Waals surface area contributed by atoms with Gasteiger partial charge in [0.1, 0.15) is 5.75 Å². The molecule has 0 aliphatic carbocycles. The average Bonchev–Trinajstić information content (AvgIpc) is 2.19. The molecule has 0 spiro atoms. The second-order valence-corrected chi connectivity index (χ2v) is 3.31. The number of ether oxygens (including phenoxy) is 1. The molecule has 76 valence electrons. The molecule has 1 rings (SSSR count). The first-order valence-electron chi connectivity index (χ1n) is 4.18. The molecular weight excluding hydrogens is 202 g/mol. The van der Waals surface area contributed by atoms with Crippen LogP contribution in [0.4, 0.5) is 0 Å². The largest absolute Gasteiger partial charge is 0.496 e. The molecule has 0 unspecified atom stereocenters. The molecule has 0 saturated carbocycles. The molecule has 0 heterocycles. The molecule has 0 aliphatic heterocycles. The van der Waals surface area contributed by atoms with E-state index in [0.29, 0.717) is 16.3 Å². The fourth-order valence-corrected chi connectivity index (χ4v) is 1.54. The molecule has 0 aliphatic rings. The van der Waals surface area contributed by atoms with Crippen molar-refractivity contribution < 1.29 is 9.53 Å². The zero-order valence-electron chi connectivity index (χ0n) is 8.13. The summed E-state index contributed by atoms with van der Waals surface area (Å²) in [6, 6.07) is 3.47. The van der Waals surface area contributed by atoms with Gasteiger partial charge in [0.05, 0.1) is 24.2 Å². The van der Waals surface area contributed by atoms with Crippen molar-refractivity contribution in [1.82, 2.24) is 0 Å². The third kappa shape index (κ3) is 1.89. The van der Waals surface area contributed by atoms with E-state index in [1.54, 1.807) is 12.1 Å². The van der Waals surface area contributed by atoms with Crippen LogP contribution in [0.3, 0.4) is 0 Å². The summed E-state index contributed by atoms with van der Waals surface area (Å²) in [5, 5.41) is 0.378. The molecule has 4 heteroatoms. The zero-order valence-corrected chi connectivity index (χ0v) is 8.89. The van der Waals surface area contributed by atoms with Crippen LogP contribution in [0.5, 0.6) is 5.75 Å². The third-order valence-electron chi connectivity index (χ3n) is 1.97. The lowest BCUT2D eigenvalue weighted by atomic mass is 10.1. The van der Waals surface area contributed by atoms with Gasteiger partial charge in [-0.25, -0.2) is 0 Å². The van der Waals surface area contributed by atoms with Crippen molar-refractivity contribution in [3.63, 3.8) is 0 Å². The molecule has 1 aromatic carbocycles. The molecule has 3 nitrogen and oxygen atoms in total. The maximum absolute atomic E-state index is 11.5. The van der Waals surface area contributed by atoms with Gasteiger partial charge in [0.15, 0.2) is 5.78 Å².